The van der Waals surface area contributed by atoms with Gasteiger partial charge in [0.2, 0.25) is 0 Å². The number of urea groups is 1. The summed E-state index contributed by atoms with van der Waals surface area (Å²) in [5, 5.41) is 13.3. The van der Waals surface area contributed by atoms with Gasteiger partial charge in [0, 0.05) is 18.6 Å². The van der Waals surface area contributed by atoms with Crippen molar-refractivity contribution < 1.29 is 14.7 Å². The summed E-state index contributed by atoms with van der Waals surface area (Å²) in [6.07, 6.45) is 16.8. The number of allylic oxidation sites excluding steroid dienone is 2. The van der Waals surface area contributed by atoms with Crippen LogP contribution in [0, 0.1) is 45.8 Å². The molecule has 2 N–H and O–H groups in total. The van der Waals surface area contributed by atoms with Gasteiger partial charge in [-0.05, 0) is 181 Å². The van der Waals surface area contributed by atoms with Crippen LogP contribution in [0.3, 0.4) is 0 Å². The zero-order chi connectivity index (χ0) is 36.1. The summed E-state index contributed by atoms with van der Waals surface area (Å²) >= 11 is 0. The maximum atomic E-state index is 14.2. The number of fused-ring (bicyclic) bond motifs is 7. The number of benzene rings is 1. The van der Waals surface area contributed by atoms with Gasteiger partial charge in [0.25, 0.3) is 0 Å². The zero-order valence-electron chi connectivity index (χ0n) is 32.7. The Hall–Kier alpha value is -2.38. The summed E-state index contributed by atoms with van der Waals surface area (Å²) in [5.41, 5.74) is 3.74. The monoisotopic (exact) mass is 689 g/mol. The molecule has 0 radical (unpaired) electrons. The largest absolute Gasteiger partial charge is 0.478 e. The van der Waals surface area contributed by atoms with E-state index in [1.165, 1.54) is 56.1 Å². The molecule has 0 bridgehead atoms. The molecular formula is C43H68N4O3. The lowest BCUT2D eigenvalue weighted by molar-refractivity contribution is -0.210. The highest BCUT2D eigenvalue weighted by molar-refractivity contribution is 5.88. The molecule has 278 valence electrons. The van der Waals surface area contributed by atoms with Crippen LogP contribution < -0.4 is 5.32 Å². The third kappa shape index (κ3) is 6.46. The molecule has 0 heterocycles. The first-order valence-corrected chi connectivity index (χ1v) is 20.1. The van der Waals surface area contributed by atoms with Crippen molar-refractivity contribution in [3.05, 3.63) is 41.5 Å². The van der Waals surface area contributed by atoms with Crippen molar-refractivity contribution in [1.29, 1.82) is 0 Å². The van der Waals surface area contributed by atoms with E-state index in [4.69, 9.17) is 0 Å². The van der Waals surface area contributed by atoms with Crippen molar-refractivity contribution in [2.75, 3.05) is 54.4 Å². The third-order valence-corrected chi connectivity index (χ3v) is 15.7. The Kier molecular flexibility index (Phi) is 10.6. The van der Waals surface area contributed by atoms with Crippen LogP contribution >= 0.6 is 0 Å². The number of hydrogen-bond donors (Lipinski definition) is 2. The normalized spacial score (nSPS) is 37.7. The summed E-state index contributed by atoms with van der Waals surface area (Å²) < 4.78 is 0. The first-order valence-electron chi connectivity index (χ1n) is 20.1. The molecule has 0 aliphatic heterocycles. The fourth-order valence-corrected chi connectivity index (χ4v) is 13.0. The van der Waals surface area contributed by atoms with E-state index in [1.54, 1.807) is 12.1 Å². The third-order valence-electron chi connectivity index (χ3n) is 15.7. The maximum absolute atomic E-state index is 14.2. The van der Waals surface area contributed by atoms with E-state index >= 15 is 0 Å². The number of aromatic carboxylic acids is 1. The molecule has 8 unspecified atom stereocenters. The molecule has 1 aromatic carbocycles. The number of carbonyl (C=O) groups is 2. The summed E-state index contributed by atoms with van der Waals surface area (Å²) in [5.74, 6) is 2.16. The van der Waals surface area contributed by atoms with Crippen LogP contribution in [0.25, 0.3) is 5.57 Å². The van der Waals surface area contributed by atoms with Crippen molar-refractivity contribution >= 4 is 17.6 Å². The molecular weight excluding hydrogens is 620 g/mol. The van der Waals surface area contributed by atoms with E-state index in [-0.39, 0.29) is 22.4 Å². The molecule has 7 nitrogen and oxygen atoms in total. The summed E-state index contributed by atoms with van der Waals surface area (Å²) in [4.78, 5) is 32.3. The number of nitrogens with one attached hydrogen (secondary N) is 1. The van der Waals surface area contributed by atoms with E-state index in [9.17, 15) is 14.7 Å². The predicted molar refractivity (Wildman–Crippen MR) is 204 cm³/mol. The van der Waals surface area contributed by atoms with Crippen molar-refractivity contribution in [1.82, 2.24) is 20.0 Å². The van der Waals surface area contributed by atoms with Crippen molar-refractivity contribution in [2.45, 2.75) is 110 Å². The molecule has 50 heavy (non-hydrogen) atoms. The van der Waals surface area contributed by atoms with E-state index in [0.717, 1.165) is 58.3 Å². The molecule has 2 amide bonds. The van der Waals surface area contributed by atoms with Crippen molar-refractivity contribution in [3.8, 4) is 0 Å². The van der Waals surface area contributed by atoms with Crippen LogP contribution in [0.15, 0.2) is 30.3 Å². The van der Waals surface area contributed by atoms with Crippen LogP contribution in [-0.2, 0) is 0 Å². The SMILES string of the molecule is CC1C(c2ccc(C(=O)O)cc2)=CCC2(C)C1CCC1(C)C2CCC2C3CCCC3(NC(=O)N(CCCN(C)C)CCCN(C)C)CC[C@]21C. The number of amides is 2. The van der Waals surface area contributed by atoms with Gasteiger partial charge in [-0.15, -0.1) is 0 Å². The summed E-state index contributed by atoms with van der Waals surface area (Å²) in [6, 6.07) is 7.76. The number of carbonyl (C=O) groups excluding carboxylic acids is 1. The Morgan fingerprint density at radius 1 is 0.780 bits per heavy atom. The van der Waals surface area contributed by atoms with Crippen LogP contribution in [0.2, 0.25) is 0 Å². The molecule has 0 aromatic heterocycles. The standard InChI is InChI=1S/C43H68N4O3/c1-30-33(31-13-15-32(16-14-31)38(48)49)19-22-40(2)34(30)20-23-42(4)37(40)18-17-35-36-12-9-21-43(36,25-24-41(35,42)3)44-39(50)47(28-10-26-45(5)6)29-11-27-46(7)8/h13-16,19,30,34-37H,9-12,17-18,20-29H2,1-8H3,(H,44,50)(H,48,49)/t30?,34?,35?,36?,37?,40?,41-,42?,43?/m1/s1. The maximum Gasteiger partial charge on any atom is 0.335 e. The first-order chi connectivity index (χ1) is 23.6. The molecule has 0 saturated heterocycles. The number of rotatable bonds is 11. The molecule has 1 aromatic rings. The lowest BCUT2D eigenvalue weighted by Gasteiger charge is -2.71. The van der Waals surface area contributed by atoms with Crippen LogP contribution in [-0.4, -0.2) is 91.7 Å². The number of carboxylic acid groups (broad SMARTS) is 1. The van der Waals surface area contributed by atoms with E-state index in [2.05, 4.69) is 82.0 Å². The molecule has 5 aliphatic rings. The zero-order valence-corrected chi connectivity index (χ0v) is 32.7. The van der Waals surface area contributed by atoms with E-state index < -0.39 is 5.97 Å². The first kappa shape index (κ1) is 37.4. The average Bonchev–Trinajstić information content (AvgIpc) is 3.48. The topological polar surface area (TPSA) is 76.1 Å². The van der Waals surface area contributed by atoms with E-state index in [1.807, 2.05) is 12.1 Å². The second-order valence-electron chi connectivity index (χ2n) is 18.6. The molecule has 7 heteroatoms. The highest BCUT2D eigenvalue weighted by Crippen LogP contribution is 2.75. The Labute approximate surface area is 303 Å². The molecule has 4 saturated carbocycles. The number of carboxylic acids is 1. The Bertz CT molecular complexity index is 1410. The minimum Gasteiger partial charge on any atom is -0.478 e. The van der Waals surface area contributed by atoms with E-state index in [0.29, 0.717) is 40.6 Å². The van der Waals surface area contributed by atoms with Gasteiger partial charge in [-0.1, -0.05) is 52.3 Å². The Morgan fingerprint density at radius 2 is 1.44 bits per heavy atom. The Morgan fingerprint density at radius 3 is 2.06 bits per heavy atom. The van der Waals surface area contributed by atoms with Gasteiger partial charge in [0.15, 0.2) is 0 Å². The molecule has 0 spiro atoms. The molecule has 4 fully saturated rings. The van der Waals surface area contributed by atoms with Gasteiger partial charge in [0.1, 0.15) is 0 Å². The van der Waals surface area contributed by atoms with Crippen molar-refractivity contribution in [3.63, 3.8) is 0 Å². The van der Waals surface area contributed by atoms with Crippen LogP contribution in [0.5, 0.6) is 0 Å². The highest BCUT2D eigenvalue weighted by atomic mass is 16.4. The lowest BCUT2D eigenvalue weighted by Crippen LogP contribution is -2.67. The summed E-state index contributed by atoms with van der Waals surface area (Å²) in [7, 11) is 8.47. The second-order valence-corrected chi connectivity index (χ2v) is 18.6. The summed E-state index contributed by atoms with van der Waals surface area (Å²) in [6.45, 7) is 14.1. The second kappa shape index (κ2) is 14.2. The van der Waals surface area contributed by atoms with Gasteiger partial charge >= 0.3 is 12.0 Å². The number of hydrogen-bond acceptors (Lipinski definition) is 4. The smallest absolute Gasteiger partial charge is 0.335 e. The van der Waals surface area contributed by atoms with Gasteiger partial charge in [0.05, 0.1) is 5.56 Å². The quantitative estimate of drug-likeness (QED) is 0.244. The minimum absolute atomic E-state index is 0.0555. The fourth-order valence-electron chi connectivity index (χ4n) is 13.0. The lowest BCUT2D eigenvalue weighted by atomic mass is 9.34. The van der Waals surface area contributed by atoms with Crippen molar-refractivity contribution in [2.24, 2.45) is 45.8 Å². The minimum atomic E-state index is -0.862. The number of nitrogens with zero attached hydrogens (tertiary/aromatic N) is 3. The van der Waals surface area contributed by atoms with Gasteiger partial charge in [-0.2, -0.15) is 0 Å². The van der Waals surface area contributed by atoms with Crippen LogP contribution in [0.1, 0.15) is 121 Å². The average molecular weight is 689 g/mol. The molecule has 9 atom stereocenters. The predicted octanol–water partition coefficient (Wildman–Crippen LogP) is 8.51. The van der Waals surface area contributed by atoms with Gasteiger partial charge in [-0.25, -0.2) is 9.59 Å². The molecule has 5 aliphatic carbocycles. The van der Waals surface area contributed by atoms with Gasteiger partial charge < -0.3 is 25.1 Å². The fraction of sp³-hybridized carbons (Fsp3) is 0.767. The Balaban J connectivity index is 1.20. The molecule has 6 rings (SSSR count). The van der Waals surface area contributed by atoms with Crippen LogP contribution in [0.4, 0.5) is 4.79 Å². The van der Waals surface area contributed by atoms with Gasteiger partial charge in [-0.3, -0.25) is 0 Å². The highest BCUT2D eigenvalue weighted by Gasteiger charge is 2.68.